The van der Waals surface area contributed by atoms with E-state index in [-0.39, 0.29) is 11.5 Å². The molecule has 0 saturated heterocycles. The molecule has 1 unspecified atom stereocenters. The highest BCUT2D eigenvalue weighted by Crippen LogP contribution is 2.26. The van der Waals surface area contributed by atoms with Crippen molar-refractivity contribution in [1.29, 1.82) is 0 Å². The molecule has 0 aliphatic carbocycles. The van der Waals surface area contributed by atoms with Gasteiger partial charge in [0.1, 0.15) is 6.10 Å². The molecule has 0 aliphatic rings. The van der Waals surface area contributed by atoms with E-state index >= 15 is 0 Å². The number of primary amides is 1. The third-order valence-corrected chi connectivity index (χ3v) is 3.14. The van der Waals surface area contributed by atoms with Crippen LogP contribution in [0.4, 0.5) is 4.79 Å². The van der Waals surface area contributed by atoms with Crippen LogP contribution in [0.25, 0.3) is 0 Å². The fraction of sp³-hybridized carbons (Fsp3) is 0.917. The summed E-state index contributed by atoms with van der Waals surface area (Å²) in [6, 6.07) is 0. The summed E-state index contributed by atoms with van der Waals surface area (Å²) in [5, 5.41) is 1.06. The average molecular weight is 294 g/mol. The highest BCUT2D eigenvalue weighted by Gasteiger charge is 2.26. The third-order valence-electron chi connectivity index (χ3n) is 2.57. The Hall–Kier alpha value is -0.250. The first kappa shape index (κ1) is 15.8. The summed E-state index contributed by atoms with van der Waals surface area (Å²) in [6.07, 6.45) is 4.85. The Morgan fingerprint density at radius 2 is 1.81 bits per heavy atom. The molecule has 1 amide bonds. The molecule has 0 radical (unpaired) electrons. The van der Waals surface area contributed by atoms with Gasteiger partial charge in [0.05, 0.1) is 0 Å². The van der Waals surface area contributed by atoms with Crippen molar-refractivity contribution >= 4 is 22.0 Å². The number of amides is 1. The zero-order chi connectivity index (χ0) is 12.6. The quantitative estimate of drug-likeness (QED) is 0.573. The molecule has 3 nitrogen and oxygen atoms in total. The van der Waals surface area contributed by atoms with Crippen LogP contribution in [0.5, 0.6) is 0 Å². The Morgan fingerprint density at radius 3 is 2.25 bits per heavy atom. The molecule has 0 rings (SSSR count). The predicted octanol–water partition coefficient (Wildman–Crippen LogP) is 3.84. The fourth-order valence-corrected chi connectivity index (χ4v) is 1.98. The van der Waals surface area contributed by atoms with Gasteiger partial charge in [0.25, 0.3) is 0 Å². The second-order valence-electron chi connectivity index (χ2n) is 5.18. The summed E-state index contributed by atoms with van der Waals surface area (Å²) >= 11 is 3.41. The first-order valence-corrected chi connectivity index (χ1v) is 7.02. The second kappa shape index (κ2) is 7.93. The van der Waals surface area contributed by atoms with Crippen molar-refractivity contribution in [2.45, 2.75) is 59.0 Å². The van der Waals surface area contributed by atoms with Crippen molar-refractivity contribution in [1.82, 2.24) is 0 Å². The van der Waals surface area contributed by atoms with E-state index in [9.17, 15) is 4.79 Å². The number of unbranched alkanes of at least 4 members (excludes halogenated alkanes) is 3. The second-order valence-corrected chi connectivity index (χ2v) is 5.98. The van der Waals surface area contributed by atoms with Crippen molar-refractivity contribution < 1.29 is 9.53 Å². The van der Waals surface area contributed by atoms with Gasteiger partial charge in [-0.15, -0.1) is 0 Å². The molecule has 0 aromatic rings. The van der Waals surface area contributed by atoms with E-state index in [4.69, 9.17) is 10.5 Å². The highest BCUT2D eigenvalue weighted by atomic mass is 79.9. The van der Waals surface area contributed by atoms with Gasteiger partial charge in [-0.3, -0.25) is 0 Å². The van der Waals surface area contributed by atoms with Gasteiger partial charge in [-0.2, -0.15) is 0 Å². The topological polar surface area (TPSA) is 52.3 Å². The first-order valence-electron chi connectivity index (χ1n) is 5.90. The van der Waals surface area contributed by atoms with Crippen molar-refractivity contribution in [3.63, 3.8) is 0 Å². The molecule has 16 heavy (non-hydrogen) atoms. The lowest BCUT2D eigenvalue weighted by Gasteiger charge is -2.29. The molecule has 1 atom stereocenters. The van der Waals surface area contributed by atoms with E-state index in [0.29, 0.717) is 0 Å². The summed E-state index contributed by atoms with van der Waals surface area (Å²) in [5.74, 6) is 0. The molecule has 0 heterocycles. The van der Waals surface area contributed by atoms with Crippen LogP contribution in [0.1, 0.15) is 52.9 Å². The Kier molecular flexibility index (Phi) is 7.81. The summed E-state index contributed by atoms with van der Waals surface area (Å²) < 4.78 is 5.15. The van der Waals surface area contributed by atoms with Gasteiger partial charge in [0.15, 0.2) is 0 Å². The zero-order valence-corrected chi connectivity index (χ0v) is 12.2. The third kappa shape index (κ3) is 7.97. The van der Waals surface area contributed by atoms with Crippen molar-refractivity contribution in [2.75, 3.05) is 5.33 Å². The van der Waals surface area contributed by atoms with Crippen LogP contribution in [0.2, 0.25) is 0 Å². The van der Waals surface area contributed by atoms with E-state index in [1.54, 1.807) is 0 Å². The van der Waals surface area contributed by atoms with Crippen LogP contribution >= 0.6 is 15.9 Å². The van der Waals surface area contributed by atoms with E-state index < -0.39 is 6.09 Å². The minimum Gasteiger partial charge on any atom is -0.446 e. The molecule has 0 fully saturated rings. The number of nitrogens with two attached hydrogens (primary N) is 1. The molecule has 2 N–H and O–H groups in total. The van der Waals surface area contributed by atoms with Crippen LogP contribution in [0.15, 0.2) is 0 Å². The molecule has 0 saturated carbocycles. The highest BCUT2D eigenvalue weighted by molar-refractivity contribution is 9.09. The van der Waals surface area contributed by atoms with Crippen LogP contribution in [-0.4, -0.2) is 17.5 Å². The van der Waals surface area contributed by atoms with Crippen molar-refractivity contribution in [3.05, 3.63) is 0 Å². The average Bonchev–Trinajstić information content (AvgIpc) is 2.13. The Labute approximate surface area is 107 Å². The minimum absolute atomic E-state index is 0.0372. The lowest BCUT2D eigenvalue weighted by Crippen LogP contribution is -2.33. The van der Waals surface area contributed by atoms with Crippen LogP contribution < -0.4 is 5.73 Å². The van der Waals surface area contributed by atoms with E-state index in [1.165, 1.54) is 19.3 Å². The maximum atomic E-state index is 10.8. The normalized spacial score (nSPS) is 13.5. The van der Waals surface area contributed by atoms with Crippen LogP contribution in [0.3, 0.4) is 0 Å². The van der Waals surface area contributed by atoms with E-state index in [1.807, 2.05) is 0 Å². The Morgan fingerprint density at radius 1 is 1.25 bits per heavy atom. The molecule has 0 bridgehead atoms. The number of carbonyl (C=O) groups is 1. The van der Waals surface area contributed by atoms with Crippen LogP contribution in [-0.2, 0) is 4.74 Å². The molecule has 4 heteroatoms. The molecular formula is C12H24BrNO2. The van der Waals surface area contributed by atoms with E-state index in [0.717, 1.165) is 18.2 Å². The van der Waals surface area contributed by atoms with Gasteiger partial charge in [-0.05, 0) is 24.7 Å². The minimum atomic E-state index is -0.666. The molecule has 96 valence electrons. The smallest absolute Gasteiger partial charge is 0.404 e. The van der Waals surface area contributed by atoms with Gasteiger partial charge in [-0.1, -0.05) is 49.5 Å². The van der Waals surface area contributed by atoms with Gasteiger partial charge >= 0.3 is 6.09 Å². The van der Waals surface area contributed by atoms with Crippen LogP contribution in [0, 0.1) is 5.41 Å². The van der Waals surface area contributed by atoms with Gasteiger partial charge < -0.3 is 10.5 Å². The number of ether oxygens (including phenoxy) is 1. The first-order chi connectivity index (χ1) is 7.38. The Balaban J connectivity index is 3.89. The van der Waals surface area contributed by atoms with Crippen molar-refractivity contribution in [2.24, 2.45) is 11.1 Å². The number of alkyl halides is 1. The van der Waals surface area contributed by atoms with Crippen molar-refractivity contribution in [3.8, 4) is 0 Å². The number of hydrogen-bond donors (Lipinski definition) is 1. The molecule has 0 aromatic carbocycles. The molecular weight excluding hydrogens is 270 g/mol. The van der Waals surface area contributed by atoms with Gasteiger partial charge in [0, 0.05) is 5.33 Å². The maximum absolute atomic E-state index is 10.8. The fourth-order valence-electron chi connectivity index (χ4n) is 1.59. The number of carbonyl (C=O) groups excluding carboxylic acids is 1. The summed E-state index contributed by atoms with van der Waals surface area (Å²) in [4.78, 5) is 10.8. The zero-order valence-electron chi connectivity index (χ0n) is 10.6. The lowest BCUT2D eigenvalue weighted by molar-refractivity contribution is 0.0297. The molecule has 0 aliphatic heterocycles. The standard InChI is InChI=1S/C12H24BrNO2/c1-12(2,3)10(16-11(14)15)8-6-4-5-7-9-13/h10H,4-9H2,1-3H3,(H2,14,15). The molecule has 0 spiro atoms. The number of hydrogen-bond acceptors (Lipinski definition) is 2. The summed E-state index contributed by atoms with van der Waals surface area (Å²) in [6.45, 7) is 6.21. The molecule has 0 aromatic heterocycles. The number of halogens is 1. The largest absolute Gasteiger partial charge is 0.446 e. The van der Waals surface area contributed by atoms with Gasteiger partial charge in [0.2, 0.25) is 0 Å². The monoisotopic (exact) mass is 293 g/mol. The SMILES string of the molecule is CC(C)(C)C(CCCCCCBr)OC(N)=O. The summed E-state index contributed by atoms with van der Waals surface area (Å²) in [7, 11) is 0. The Bertz CT molecular complexity index is 202. The van der Waals surface area contributed by atoms with E-state index in [2.05, 4.69) is 36.7 Å². The maximum Gasteiger partial charge on any atom is 0.404 e. The lowest BCUT2D eigenvalue weighted by atomic mass is 9.86. The van der Waals surface area contributed by atoms with Gasteiger partial charge in [-0.25, -0.2) is 4.79 Å². The predicted molar refractivity (Wildman–Crippen MR) is 70.8 cm³/mol. The number of rotatable bonds is 7. The summed E-state index contributed by atoms with van der Waals surface area (Å²) in [5.41, 5.74) is 5.04.